The number of aliphatic hydroxyl groups is 1. The third kappa shape index (κ3) is 4.41. The molecule has 3 N–H and O–H groups in total. The van der Waals surface area contributed by atoms with Gasteiger partial charge in [0.25, 0.3) is 5.91 Å². The summed E-state index contributed by atoms with van der Waals surface area (Å²) in [5, 5.41) is 13.9. The average Bonchev–Trinajstić information content (AvgIpc) is 3.01. The van der Waals surface area contributed by atoms with Crippen LogP contribution in [0.15, 0.2) is 42.5 Å². The predicted molar refractivity (Wildman–Crippen MR) is 105 cm³/mol. The summed E-state index contributed by atoms with van der Waals surface area (Å²) in [6, 6.07) is 13.2. The number of carbonyl (C=O) groups is 1. The van der Waals surface area contributed by atoms with Crippen LogP contribution < -0.4 is 14.8 Å². The highest BCUT2D eigenvalue weighted by molar-refractivity contribution is 6.01. The van der Waals surface area contributed by atoms with E-state index in [1.807, 2.05) is 38.1 Å². The molecule has 1 atom stereocenters. The fourth-order valence-electron chi connectivity index (χ4n) is 2.91. The quantitative estimate of drug-likeness (QED) is 0.599. The molecule has 0 saturated heterocycles. The number of aromatic nitrogens is 1. The number of benzene rings is 2. The van der Waals surface area contributed by atoms with Gasteiger partial charge in [0, 0.05) is 23.5 Å². The SMILES string of the molecule is COc1cccc(OCC(O)CNC(=O)c2[nH]c3ccc(C)cc3c2C)c1. The summed E-state index contributed by atoms with van der Waals surface area (Å²) in [4.78, 5) is 15.6. The highest BCUT2D eigenvalue weighted by Gasteiger charge is 2.16. The third-order valence-corrected chi connectivity index (χ3v) is 4.42. The summed E-state index contributed by atoms with van der Waals surface area (Å²) < 4.78 is 10.7. The van der Waals surface area contributed by atoms with Crippen molar-refractivity contribution in [2.45, 2.75) is 20.0 Å². The molecule has 1 amide bonds. The van der Waals surface area contributed by atoms with E-state index in [1.165, 1.54) is 0 Å². The number of carbonyl (C=O) groups excluding carboxylic acids is 1. The van der Waals surface area contributed by atoms with Gasteiger partial charge in [-0.2, -0.15) is 0 Å². The Balaban J connectivity index is 1.56. The molecular weight excluding hydrogens is 344 g/mol. The number of methoxy groups -OCH3 is 1. The number of rotatable bonds is 7. The fraction of sp³-hybridized carbons (Fsp3) is 0.286. The van der Waals surface area contributed by atoms with Crippen LogP contribution in [0.3, 0.4) is 0 Å². The number of nitrogens with one attached hydrogen (secondary N) is 2. The molecule has 0 aliphatic carbocycles. The van der Waals surface area contributed by atoms with Gasteiger partial charge in [-0.1, -0.05) is 17.7 Å². The van der Waals surface area contributed by atoms with Gasteiger partial charge in [-0.05, 0) is 43.7 Å². The maximum atomic E-state index is 12.5. The molecule has 6 heteroatoms. The normalized spacial score (nSPS) is 12.0. The minimum Gasteiger partial charge on any atom is -0.497 e. The van der Waals surface area contributed by atoms with Crippen LogP contribution in [-0.4, -0.2) is 42.4 Å². The molecule has 1 aromatic heterocycles. The lowest BCUT2D eigenvalue weighted by molar-refractivity contribution is 0.0839. The zero-order chi connectivity index (χ0) is 19.4. The van der Waals surface area contributed by atoms with E-state index in [1.54, 1.807) is 19.2 Å². The van der Waals surface area contributed by atoms with Crippen molar-refractivity contribution in [1.82, 2.24) is 10.3 Å². The summed E-state index contributed by atoms with van der Waals surface area (Å²) in [6.07, 6.45) is -0.827. The first-order valence-corrected chi connectivity index (χ1v) is 8.80. The number of aryl methyl sites for hydroxylation is 2. The minimum absolute atomic E-state index is 0.0678. The maximum Gasteiger partial charge on any atom is 0.268 e. The number of aromatic amines is 1. The molecule has 3 rings (SSSR count). The molecule has 142 valence electrons. The van der Waals surface area contributed by atoms with Gasteiger partial charge in [-0.25, -0.2) is 0 Å². The van der Waals surface area contributed by atoms with Crippen LogP contribution in [0.1, 0.15) is 21.6 Å². The number of hydrogen-bond donors (Lipinski definition) is 3. The van der Waals surface area contributed by atoms with Crippen molar-refractivity contribution in [2.24, 2.45) is 0 Å². The molecule has 1 unspecified atom stereocenters. The molecule has 0 aliphatic heterocycles. The van der Waals surface area contributed by atoms with Crippen LogP contribution in [0.4, 0.5) is 0 Å². The van der Waals surface area contributed by atoms with E-state index in [0.29, 0.717) is 17.2 Å². The molecule has 0 spiro atoms. The van der Waals surface area contributed by atoms with E-state index in [2.05, 4.69) is 16.4 Å². The number of ether oxygens (including phenoxy) is 2. The van der Waals surface area contributed by atoms with Crippen molar-refractivity contribution < 1.29 is 19.4 Å². The molecule has 0 bridgehead atoms. The molecule has 0 aliphatic rings. The predicted octanol–water partition coefficient (Wildman–Crippen LogP) is 2.96. The standard InChI is InChI=1S/C21H24N2O4/c1-13-7-8-19-18(9-13)14(2)20(23-19)21(25)22-11-15(24)12-27-17-6-4-5-16(10-17)26-3/h4-10,15,23-24H,11-12H2,1-3H3,(H,22,25). The van der Waals surface area contributed by atoms with Gasteiger partial charge in [0.2, 0.25) is 0 Å². The monoisotopic (exact) mass is 368 g/mol. The highest BCUT2D eigenvalue weighted by atomic mass is 16.5. The first kappa shape index (κ1) is 18.8. The van der Waals surface area contributed by atoms with Gasteiger partial charge >= 0.3 is 0 Å². The van der Waals surface area contributed by atoms with Crippen molar-refractivity contribution in [2.75, 3.05) is 20.3 Å². The molecule has 0 fully saturated rings. The van der Waals surface area contributed by atoms with Crippen LogP contribution in [0.5, 0.6) is 11.5 Å². The van der Waals surface area contributed by atoms with Crippen molar-refractivity contribution in [3.8, 4) is 11.5 Å². The van der Waals surface area contributed by atoms with Crippen LogP contribution in [0.25, 0.3) is 10.9 Å². The summed E-state index contributed by atoms with van der Waals surface area (Å²) in [5.41, 5.74) is 3.47. The largest absolute Gasteiger partial charge is 0.497 e. The Kier molecular flexibility index (Phi) is 5.66. The molecule has 2 aromatic carbocycles. The van der Waals surface area contributed by atoms with E-state index in [9.17, 15) is 9.90 Å². The van der Waals surface area contributed by atoms with Crippen LogP contribution in [0.2, 0.25) is 0 Å². The Morgan fingerprint density at radius 3 is 2.74 bits per heavy atom. The first-order chi connectivity index (χ1) is 13.0. The molecule has 0 saturated carbocycles. The van der Waals surface area contributed by atoms with Crippen molar-refractivity contribution in [1.29, 1.82) is 0 Å². The zero-order valence-electron chi connectivity index (χ0n) is 15.7. The summed E-state index contributed by atoms with van der Waals surface area (Å²) in [7, 11) is 1.58. The lowest BCUT2D eigenvalue weighted by atomic mass is 10.1. The summed E-state index contributed by atoms with van der Waals surface area (Å²) in [5.74, 6) is 1.03. The van der Waals surface area contributed by atoms with E-state index in [-0.39, 0.29) is 19.1 Å². The Morgan fingerprint density at radius 1 is 1.19 bits per heavy atom. The van der Waals surface area contributed by atoms with Gasteiger partial charge in [0.15, 0.2) is 0 Å². The maximum absolute atomic E-state index is 12.5. The number of aliphatic hydroxyl groups excluding tert-OH is 1. The Morgan fingerprint density at radius 2 is 1.96 bits per heavy atom. The topological polar surface area (TPSA) is 83.6 Å². The lowest BCUT2D eigenvalue weighted by Crippen LogP contribution is -2.35. The number of H-pyrrole nitrogens is 1. The number of hydrogen-bond acceptors (Lipinski definition) is 4. The van der Waals surface area contributed by atoms with Gasteiger partial charge < -0.3 is 24.9 Å². The van der Waals surface area contributed by atoms with Crippen molar-refractivity contribution in [3.63, 3.8) is 0 Å². The lowest BCUT2D eigenvalue weighted by Gasteiger charge is -2.13. The molecular formula is C21H24N2O4. The van der Waals surface area contributed by atoms with E-state index < -0.39 is 6.10 Å². The fourth-order valence-corrected chi connectivity index (χ4v) is 2.91. The molecule has 1 heterocycles. The Hall–Kier alpha value is -2.99. The molecule has 6 nitrogen and oxygen atoms in total. The van der Waals surface area contributed by atoms with E-state index >= 15 is 0 Å². The second kappa shape index (κ2) is 8.14. The van der Waals surface area contributed by atoms with Gasteiger partial charge in [-0.3, -0.25) is 4.79 Å². The zero-order valence-corrected chi connectivity index (χ0v) is 15.7. The first-order valence-electron chi connectivity index (χ1n) is 8.80. The van der Waals surface area contributed by atoms with Crippen LogP contribution in [0, 0.1) is 13.8 Å². The molecule has 27 heavy (non-hydrogen) atoms. The van der Waals surface area contributed by atoms with E-state index in [0.717, 1.165) is 22.0 Å². The van der Waals surface area contributed by atoms with E-state index in [4.69, 9.17) is 9.47 Å². The molecule has 3 aromatic rings. The average molecular weight is 368 g/mol. The van der Waals surface area contributed by atoms with Gasteiger partial charge in [0.1, 0.15) is 29.9 Å². The number of fused-ring (bicyclic) bond motifs is 1. The Labute approximate surface area is 158 Å². The third-order valence-electron chi connectivity index (χ3n) is 4.42. The summed E-state index contributed by atoms with van der Waals surface area (Å²) >= 11 is 0. The number of amides is 1. The summed E-state index contributed by atoms with van der Waals surface area (Å²) in [6.45, 7) is 4.09. The second-order valence-corrected chi connectivity index (χ2v) is 6.53. The van der Waals surface area contributed by atoms with Crippen molar-refractivity contribution >= 4 is 16.8 Å². The smallest absolute Gasteiger partial charge is 0.268 e. The van der Waals surface area contributed by atoms with Crippen LogP contribution >= 0.6 is 0 Å². The van der Waals surface area contributed by atoms with Gasteiger partial charge in [-0.15, -0.1) is 0 Å². The second-order valence-electron chi connectivity index (χ2n) is 6.53. The molecule has 0 radical (unpaired) electrons. The van der Waals surface area contributed by atoms with Gasteiger partial charge in [0.05, 0.1) is 7.11 Å². The van der Waals surface area contributed by atoms with Crippen LogP contribution in [-0.2, 0) is 0 Å². The highest BCUT2D eigenvalue weighted by Crippen LogP contribution is 2.23. The minimum atomic E-state index is -0.827. The Bertz CT molecular complexity index is 949. The van der Waals surface area contributed by atoms with Crippen molar-refractivity contribution in [3.05, 3.63) is 59.3 Å².